The van der Waals surface area contributed by atoms with Gasteiger partial charge in [0, 0.05) is 0 Å². The van der Waals surface area contributed by atoms with Crippen molar-refractivity contribution in [3.63, 3.8) is 0 Å². The lowest BCUT2D eigenvalue weighted by molar-refractivity contribution is 0.473. The summed E-state index contributed by atoms with van der Waals surface area (Å²) in [6.07, 6.45) is 1.54. The highest BCUT2D eigenvalue weighted by atomic mass is 32.2. The number of hydrogen-bond acceptors (Lipinski definition) is 4. The fraction of sp³-hybridized carbons (Fsp3) is 0. The van der Waals surface area contributed by atoms with Crippen LogP contribution in [0.1, 0.15) is 0 Å². The molecule has 5 nitrogen and oxygen atoms in total. The minimum Gasteiger partial charge on any atom is -0.293 e. The summed E-state index contributed by atoms with van der Waals surface area (Å²) in [5.41, 5.74) is 0.109. The maximum atomic E-state index is 13.0. The van der Waals surface area contributed by atoms with Gasteiger partial charge in [0.1, 0.15) is 10.7 Å². The average Bonchev–Trinajstić information content (AvgIpc) is 2.02. The van der Waals surface area contributed by atoms with Gasteiger partial charge in [-0.3, -0.25) is 9.87 Å². The lowest BCUT2D eigenvalue weighted by atomic mass is 10.3. The maximum Gasteiger partial charge on any atom is 0.297 e. The first-order valence-electron chi connectivity index (χ1n) is 3.37. The van der Waals surface area contributed by atoms with Crippen LogP contribution in [0.15, 0.2) is 23.1 Å². The van der Waals surface area contributed by atoms with Gasteiger partial charge in [-0.2, -0.15) is 13.7 Å². The van der Waals surface area contributed by atoms with Crippen LogP contribution >= 0.6 is 0 Å². The van der Waals surface area contributed by atoms with Gasteiger partial charge in [0.15, 0.2) is 6.19 Å². The standard InChI is InChI=1S/C7H5FN2O3S/c8-6-3-5(10-4-9)1-2-7(6)14(11,12)13/h1-3,10H,(H,11,12,13). The molecule has 0 aliphatic carbocycles. The lowest BCUT2D eigenvalue weighted by Gasteiger charge is -2.01. The van der Waals surface area contributed by atoms with E-state index in [1.54, 1.807) is 6.19 Å². The van der Waals surface area contributed by atoms with E-state index in [-0.39, 0.29) is 5.69 Å². The van der Waals surface area contributed by atoms with Crippen molar-refractivity contribution in [2.45, 2.75) is 4.90 Å². The first kappa shape index (κ1) is 10.4. The summed E-state index contributed by atoms with van der Waals surface area (Å²) in [6.45, 7) is 0. The van der Waals surface area contributed by atoms with E-state index in [4.69, 9.17) is 9.81 Å². The zero-order chi connectivity index (χ0) is 10.8. The van der Waals surface area contributed by atoms with Crippen molar-refractivity contribution in [1.82, 2.24) is 0 Å². The monoisotopic (exact) mass is 216 g/mol. The highest BCUT2D eigenvalue weighted by Crippen LogP contribution is 2.18. The van der Waals surface area contributed by atoms with Crippen LogP contribution in [0, 0.1) is 17.3 Å². The number of nitrogens with zero attached hydrogens (tertiary/aromatic N) is 1. The first-order chi connectivity index (χ1) is 6.45. The Balaban J connectivity index is 3.23. The molecule has 0 amide bonds. The SMILES string of the molecule is N#CNc1ccc(S(=O)(=O)O)c(F)c1. The quantitative estimate of drug-likeness (QED) is 0.436. The number of nitrogens with one attached hydrogen (secondary N) is 1. The smallest absolute Gasteiger partial charge is 0.293 e. The molecule has 0 aliphatic rings. The number of halogens is 1. The van der Waals surface area contributed by atoms with Crippen molar-refractivity contribution in [3.05, 3.63) is 24.0 Å². The summed E-state index contributed by atoms with van der Waals surface area (Å²) >= 11 is 0. The van der Waals surface area contributed by atoms with Crippen molar-refractivity contribution >= 4 is 15.8 Å². The number of anilines is 1. The van der Waals surface area contributed by atoms with Gasteiger partial charge in [0.05, 0.1) is 5.69 Å². The highest BCUT2D eigenvalue weighted by Gasteiger charge is 2.15. The predicted octanol–water partition coefficient (Wildman–Crippen LogP) is 0.965. The van der Waals surface area contributed by atoms with Crippen molar-refractivity contribution in [2.24, 2.45) is 0 Å². The molecule has 0 radical (unpaired) electrons. The summed E-state index contributed by atoms with van der Waals surface area (Å²) in [7, 11) is -4.55. The van der Waals surface area contributed by atoms with Crippen LogP contribution in [0.4, 0.5) is 10.1 Å². The normalized spacial score (nSPS) is 10.6. The maximum absolute atomic E-state index is 13.0. The van der Waals surface area contributed by atoms with Gasteiger partial charge < -0.3 is 0 Å². The Kier molecular flexibility index (Phi) is 2.69. The molecule has 74 valence electrons. The van der Waals surface area contributed by atoms with E-state index in [9.17, 15) is 12.8 Å². The third kappa shape index (κ3) is 2.18. The molecule has 0 heterocycles. The molecule has 1 aromatic carbocycles. The summed E-state index contributed by atoms with van der Waals surface area (Å²) < 4.78 is 42.6. The molecule has 0 bridgehead atoms. The Morgan fingerprint density at radius 2 is 2.14 bits per heavy atom. The Hall–Kier alpha value is -1.65. The summed E-state index contributed by atoms with van der Waals surface area (Å²) in [6, 6.07) is 2.83. The van der Waals surface area contributed by atoms with Gasteiger partial charge >= 0.3 is 0 Å². The fourth-order valence-corrected chi connectivity index (χ4v) is 1.40. The van der Waals surface area contributed by atoms with Crippen LogP contribution < -0.4 is 5.32 Å². The van der Waals surface area contributed by atoms with Crippen LogP contribution in [0.2, 0.25) is 0 Å². The molecule has 1 rings (SSSR count). The van der Waals surface area contributed by atoms with E-state index in [1.165, 1.54) is 0 Å². The molecule has 0 unspecified atom stereocenters. The van der Waals surface area contributed by atoms with E-state index >= 15 is 0 Å². The highest BCUT2D eigenvalue weighted by molar-refractivity contribution is 7.85. The molecule has 14 heavy (non-hydrogen) atoms. The third-order valence-corrected chi connectivity index (χ3v) is 2.30. The molecule has 0 aliphatic heterocycles. The lowest BCUT2D eigenvalue weighted by Crippen LogP contribution is -2.02. The summed E-state index contributed by atoms with van der Waals surface area (Å²) in [5.74, 6) is -1.12. The molecule has 1 aromatic rings. The summed E-state index contributed by atoms with van der Waals surface area (Å²) in [4.78, 5) is -0.819. The number of rotatable bonds is 2. The van der Waals surface area contributed by atoms with Gasteiger partial charge in [0.25, 0.3) is 10.1 Å². The van der Waals surface area contributed by atoms with E-state index in [0.717, 1.165) is 18.2 Å². The van der Waals surface area contributed by atoms with Gasteiger partial charge in [0.2, 0.25) is 0 Å². The second kappa shape index (κ2) is 3.61. The van der Waals surface area contributed by atoms with Crippen LogP contribution in [-0.4, -0.2) is 13.0 Å². The van der Waals surface area contributed by atoms with Gasteiger partial charge in [-0.05, 0) is 18.2 Å². The van der Waals surface area contributed by atoms with Crippen molar-refractivity contribution in [2.75, 3.05) is 5.32 Å². The number of benzene rings is 1. The van der Waals surface area contributed by atoms with E-state index in [0.29, 0.717) is 0 Å². The molecule has 7 heteroatoms. The van der Waals surface area contributed by atoms with E-state index in [1.807, 2.05) is 0 Å². The van der Waals surface area contributed by atoms with Crippen molar-refractivity contribution in [3.8, 4) is 6.19 Å². The second-order valence-electron chi connectivity index (χ2n) is 2.36. The minimum atomic E-state index is -4.55. The van der Waals surface area contributed by atoms with Crippen molar-refractivity contribution < 1.29 is 17.4 Å². The minimum absolute atomic E-state index is 0.109. The zero-order valence-corrected chi connectivity index (χ0v) is 7.55. The topological polar surface area (TPSA) is 90.2 Å². The summed E-state index contributed by atoms with van der Waals surface area (Å²) in [5, 5.41) is 10.3. The molecule has 0 spiro atoms. The molecule has 2 N–H and O–H groups in total. The fourth-order valence-electron chi connectivity index (χ4n) is 0.852. The zero-order valence-electron chi connectivity index (χ0n) is 6.73. The molecule has 0 fully saturated rings. The van der Waals surface area contributed by atoms with Crippen LogP contribution in [-0.2, 0) is 10.1 Å². The Morgan fingerprint density at radius 1 is 1.50 bits per heavy atom. The average molecular weight is 216 g/mol. The van der Waals surface area contributed by atoms with Crippen molar-refractivity contribution in [1.29, 1.82) is 5.26 Å². The molecular weight excluding hydrogens is 211 g/mol. The van der Waals surface area contributed by atoms with Crippen LogP contribution in [0.3, 0.4) is 0 Å². The second-order valence-corrected chi connectivity index (χ2v) is 3.75. The predicted molar refractivity (Wildman–Crippen MR) is 45.5 cm³/mol. The largest absolute Gasteiger partial charge is 0.297 e. The molecule has 0 aromatic heterocycles. The number of hydrogen-bond donors (Lipinski definition) is 2. The molecule has 0 saturated heterocycles. The Labute approximate surface area is 79.5 Å². The number of nitriles is 1. The van der Waals surface area contributed by atoms with Gasteiger partial charge in [-0.15, -0.1) is 0 Å². The van der Waals surface area contributed by atoms with E-state index < -0.39 is 20.8 Å². The Bertz CT molecular complexity index is 492. The third-order valence-electron chi connectivity index (χ3n) is 1.41. The van der Waals surface area contributed by atoms with Crippen LogP contribution in [0.25, 0.3) is 0 Å². The molecular formula is C7H5FN2O3S. The first-order valence-corrected chi connectivity index (χ1v) is 4.81. The van der Waals surface area contributed by atoms with Gasteiger partial charge in [-0.1, -0.05) is 0 Å². The molecule has 0 atom stereocenters. The van der Waals surface area contributed by atoms with E-state index in [2.05, 4.69) is 5.32 Å². The van der Waals surface area contributed by atoms with Gasteiger partial charge in [-0.25, -0.2) is 4.39 Å². The van der Waals surface area contributed by atoms with Crippen LogP contribution in [0.5, 0.6) is 0 Å². The Morgan fingerprint density at radius 3 is 2.57 bits per heavy atom. The molecule has 0 saturated carbocycles.